The quantitative estimate of drug-likeness (QED) is 0.810. The third-order valence-corrected chi connectivity index (χ3v) is 8.72. The van der Waals surface area contributed by atoms with Crippen molar-refractivity contribution in [3.05, 3.63) is 54.4 Å². The molecule has 1 aromatic carbocycles. The highest BCUT2D eigenvalue weighted by atomic mass is 16.2. The second kappa shape index (κ2) is 6.97. The van der Waals surface area contributed by atoms with E-state index in [2.05, 4.69) is 64.7 Å². The van der Waals surface area contributed by atoms with Crippen molar-refractivity contribution >= 4 is 5.91 Å². The van der Waals surface area contributed by atoms with Crippen LogP contribution in [0.1, 0.15) is 50.5 Å². The molecule has 4 saturated carbocycles. The Labute approximate surface area is 184 Å². The molecule has 5 nitrogen and oxygen atoms in total. The molecule has 4 unspecified atom stereocenters. The number of carbonyl (C=O) groups excluding carboxylic acids is 1. The Hall–Kier alpha value is -2.58. The Morgan fingerprint density at radius 3 is 2.74 bits per heavy atom. The second-order valence-electron chi connectivity index (χ2n) is 10.4. The highest BCUT2D eigenvalue weighted by Crippen LogP contribution is 2.66. The lowest BCUT2D eigenvalue weighted by molar-refractivity contribution is -0.130. The zero-order valence-electron chi connectivity index (χ0n) is 18.0. The van der Waals surface area contributed by atoms with Crippen molar-refractivity contribution in [2.24, 2.45) is 11.8 Å². The number of likely N-dealkylation sites (tertiary alicyclic amines) is 1. The molecule has 1 aliphatic heterocycles. The predicted molar refractivity (Wildman–Crippen MR) is 119 cm³/mol. The number of hydrogen-bond acceptors (Lipinski definition) is 3. The van der Waals surface area contributed by atoms with Gasteiger partial charge < -0.3 is 14.8 Å². The lowest BCUT2D eigenvalue weighted by Crippen LogP contribution is -2.52. The lowest BCUT2D eigenvalue weighted by atomic mass is 9.65. The van der Waals surface area contributed by atoms with Gasteiger partial charge in [0.1, 0.15) is 6.04 Å². The van der Waals surface area contributed by atoms with E-state index in [1.807, 2.05) is 0 Å². The van der Waals surface area contributed by atoms with Crippen LogP contribution in [-0.4, -0.2) is 40.0 Å². The maximum atomic E-state index is 12.9. The molecule has 5 atom stereocenters. The largest absolute Gasteiger partial charge is 0.326 e. The number of carbonyl (C=O) groups is 1. The number of amides is 1. The van der Waals surface area contributed by atoms with Crippen LogP contribution in [0.4, 0.5) is 0 Å². The van der Waals surface area contributed by atoms with Gasteiger partial charge in [0.2, 0.25) is 5.91 Å². The zero-order valence-corrected chi connectivity index (χ0v) is 18.0. The average molecular weight is 415 g/mol. The number of benzene rings is 1. The van der Waals surface area contributed by atoms with Gasteiger partial charge >= 0.3 is 0 Å². The monoisotopic (exact) mass is 414 g/mol. The molecule has 31 heavy (non-hydrogen) atoms. The third-order valence-electron chi connectivity index (χ3n) is 8.72. The van der Waals surface area contributed by atoms with Crippen LogP contribution in [0.15, 0.2) is 48.8 Å². The Kier molecular flexibility index (Phi) is 4.30. The van der Waals surface area contributed by atoms with Gasteiger partial charge in [0, 0.05) is 30.2 Å². The molecule has 1 saturated heterocycles. The Bertz CT molecular complexity index is 1020. The van der Waals surface area contributed by atoms with Gasteiger partial charge in [0.15, 0.2) is 0 Å². The summed E-state index contributed by atoms with van der Waals surface area (Å²) in [5, 5.41) is 13.1. The molecule has 5 aliphatic rings. The van der Waals surface area contributed by atoms with Crippen LogP contribution in [0, 0.1) is 23.2 Å². The number of rotatable bonds is 5. The highest BCUT2D eigenvalue weighted by Gasteiger charge is 2.64. The van der Waals surface area contributed by atoms with Crippen molar-refractivity contribution in [3.8, 4) is 11.8 Å². The summed E-state index contributed by atoms with van der Waals surface area (Å²) in [6.07, 6.45) is 12.1. The number of hydrogen-bond donors (Lipinski definition) is 1. The van der Waals surface area contributed by atoms with E-state index in [0.29, 0.717) is 12.5 Å². The van der Waals surface area contributed by atoms with Crippen LogP contribution >= 0.6 is 0 Å². The molecule has 2 aromatic rings. The third kappa shape index (κ3) is 2.96. The van der Waals surface area contributed by atoms with Crippen molar-refractivity contribution in [3.63, 3.8) is 0 Å². The summed E-state index contributed by atoms with van der Waals surface area (Å²) in [7, 11) is 0. The minimum absolute atomic E-state index is 0.0968. The first-order chi connectivity index (χ1) is 15.1. The van der Waals surface area contributed by atoms with E-state index in [0.717, 1.165) is 31.7 Å². The van der Waals surface area contributed by atoms with Crippen LogP contribution in [-0.2, 0) is 10.2 Å². The second-order valence-corrected chi connectivity index (χ2v) is 10.4. The summed E-state index contributed by atoms with van der Waals surface area (Å²) in [5.41, 5.74) is 3.02. The molecule has 2 heterocycles. The Morgan fingerprint density at radius 1 is 1.16 bits per heavy atom. The van der Waals surface area contributed by atoms with Gasteiger partial charge in [-0.2, -0.15) is 5.26 Å². The van der Waals surface area contributed by atoms with E-state index in [9.17, 15) is 10.1 Å². The van der Waals surface area contributed by atoms with Crippen LogP contribution in [0.25, 0.3) is 5.69 Å². The molecule has 5 heteroatoms. The van der Waals surface area contributed by atoms with Crippen LogP contribution < -0.4 is 5.32 Å². The van der Waals surface area contributed by atoms with E-state index in [-0.39, 0.29) is 22.9 Å². The molecule has 1 N–H and O–H groups in total. The molecule has 7 rings (SSSR count). The van der Waals surface area contributed by atoms with Crippen molar-refractivity contribution in [1.82, 2.24) is 14.8 Å². The molecular formula is C26H30N4O. The van der Waals surface area contributed by atoms with E-state index in [4.69, 9.17) is 0 Å². The minimum Gasteiger partial charge on any atom is -0.326 e. The van der Waals surface area contributed by atoms with Gasteiger partial charge in [-0.05, 0) is 92.0 Å². The number of nitrogens with one attached hydrogen (secondary N) is 1. The van der Waals surface area contributed by atoms with Crippen LogP contribution in [0.5, 0.6) is 0 Å². The smallest absolute Gasteiger partial charge is 0.237 e. The van der Waals surface area contributed by atoms with E-state index >= 15 is 0 Å². The number of nitriles is 1. The van der Waals surface area contributed by atoms with Gasteiger partial charge in [-0.25, -0.2) is 0 Å². The SMILES string of the molecule is N#CC1CCCN1C(=O)CNC12CC3CC1C[C@@](c1ccc(-n4cccc4)cc1)(C3)C2. The van der Waals surface area contributed by atoms with Gasteiger partial charge in [-0.1, -0.05) is 12.1 Å². The van der Waals surface area contributed by atoms with Gasteiger partial charge in [-0.15, -0.1) is 0 Å². The Morgan fingerprint density at radius 2 is 1.97 bits per heavy atom. The average Bonchev–Trinajstić information content (AvgIpc) is 3.55. The van der Waals surface area contributed by atoms with E-state index in [1.54, 1.807) is 4.90 Å². The lowest BCUT2D eigenvalue weighted by Gasteiger charge is -2.42. The maximum absolute atomic E-state index is 12.9. The molecule has 4 aliphatic carbocycles. The number of nitrogens with zero attached hydrogens (tertiary/aromatic N) is 3. The summed E-state index contributed by atoms with van der Waals surface area (Å²) >= 11 is 0. The van der Waals surface area contributed by atoms with Crippen molar-refractivity contribution in [1.29, 1.82) is 5.26 Å². The molecular weight excluding hydrogens is 384 g/mol. The summed E-state index contributed by atoms with van der Waals surface area (Å²) in [6.45, 7) is 1.11. The fourth-order valence-electron chi connectivity index (χ4n) is 7.56. The Balaban J connectivity index is 1.20. The fraction of sp³-hybridized carbons (Fsp3) is 0.538. The molecule has 0 spiro atoms. The molecule has 160 valence electrons. The van der Waals surface area contributed by atoms with Crippen molar-refractivity contribution < 1.29 is 4.79 Å². The molecule has 5 fully saturated rings. The normalized spacial score (nSPS) is 35.6. The topological polar surface area (TPSA) is 61.1 Å². The van der Waals surface area contributed by atoms with Crippen molar-refractivity contribution in [2.75, 3.05) is 13.1 Å². The molecule has 0 radical (unpaired) electrons. The van der Waals surface area contributed by atoms with Gasteiger partial charge in [0.25, 0.3) is 0 Å². The van der Waals surface area contributed by atoms with E-state index < -0.39 is 0 Å². The van der Waals surface area contributed by atoms with Crippen LogP contribution in [0.3, 0.4) is 0 Å². The zero-order chi connectivity index (χ0) is 21.1. The van der Waals surface area contributed by atoms with Gasteiger partial charge in [0.05, 0.1) is 12.6 Å². The number of aromatic nitrogens is 1. The molecule has 1 amide bonds. The summed E-state index contributed by atoms with van der Waals surface area (Å²) in [4.78, 5) is 14.6. The summed E-state index contributed by atoms with van der Waals surface area (Å²) in [5.74, 6) is 1.53. The van der Waals surface area contributed by atoms with E-state index in [1.165, 1.54) is 36.9 Å². The first-order valence-electron chi connectivity index (χ1n) is 11.8. The summed E-state index contributed by atoms with van der Waals surface area (Å²) in [6, 6.07) is 15.3. The standard InChI is InChI=1S/C26H30N4O/c27-16-23-4-3-11-30(23)24(31)17-28-26-14-19-12-21(26)15-25(13-19,18-26)20-5-7-22(8-6-20)29-9-1-2-10-29/h1-2,5-10,19,21,23,28H,3-4,11-15,17-18H2/t19?,21?,23?,25-,26?/m0/s1. The minimum atomic E-state index is -0.228. The fourth-order valence-corrected chi connectivity index (χ4v) is 7.56. The predicted octanol–water partition coefficient (Wildman–Crippen LogP) is 3.78. The molecule has 4 bridgehead atoms. The first-order valence-corrected chi connectivity index (χ1v) is 11.8. The first kappa shape index (κ1) is 19.1. The maximum Gasteiger partial charge on any atom is 0.237 e. The molecule has 1 aromatic heterocycles. The van der Waals surface area contributed by atoms with Crippen LogP contribution in [0.2, 0.25) is 0 Å². The summed E-state index contributed by atoms with van der Waals surface area (Å²) < 4.78 is 2.15. The van der Waals surface area contributed by atoms with Gasteiger partial charge in [-0.3, -0.25) is 4.79 Å². The highest BCUT2D eigenvalue weighted by molar-refractivity contribution is 5.79. The van der Waals surface area contributed by atoms with Crippen molar-refractivity contribution in [2.45, 2.75) is 61.9 Å².